The molecule has 3 rings (SSSR count). The summed E-state index contributed by atoms with van der Waals surface area (Å²) < 4.78 is 0. The van der Waals surface area contributed by atoms with Gasteiger partial charge in [0.2, 0.25) is 5.91 Å². The van der Waals surface area contributed by atoms with Crippen LogP contribution in [0.1, 0.15) is 19.3 Å². The van der Waals surface area contributed by atoms with Crippen molar-refractivity contribution in [1.29, 1.82) is 0 Å². The van der Waals surface area contributed by atoms with E-state index in [1.807, 2.05) is 30.1 Å². The smallest absolute Gasteiger partial charge is 0.232 e. The van der Waals surface area contributed by atoms with Crippen LogP contribution in [0, 0.1) is 5.92 Å². The van der Waals surface area contributed by atoms with Crippen molar-refractivity contribution in [3.8, 4) is 0 Å². The third-order valence-corrected chi connectivity index (χ3v) is 6.29. The number of amides is 1. The van der Waals surface area contributed by atoms with Crippen LogP contribution in [-0.4, -0.2) is 43.2 Å². The van der Waals surface area contributed by atoms with Gasteiger partial charge in [0.25, 0.3) is 0 Å². The van der Waals surface area contributed by atoms with Gasteiger partial charge in [-0.25, -0.2) is 0 Å². The number of halogens is 2. The Balaban J connectivity index is 0.00000243. The van der Waals surface area contributed by atoms with Gasteiger partial charge in [-0.1, -0.05) is 35.9 Å². The molecule has 1 amide bonds. The summed E-state index contributed by atoms with van der Waals surface area (Å²) in [5, 5.41) is 6.13. The molecule has 1 saturated heterocycles. The first-order valence-corrected chi connectivity index (χ1v) is 10.3. The summed E-state index contributed by atoms with van der Waals surface area (Å²) in [5.41, 5.74) is 0. The average molecular weight is 413 g/mol. The van der Waals surface area contributed by atoms with Crippen LogP contribution in [0.15, 0.2) is 41.3 Å². The number of carbonyl (C=O) groups is 1. The Bertz CT molecular complexity index is 728. The molecule has 0 unspecified atom stereocenters. The van der Waals surface area contributed by atoms with Crippen LogP contribution in [0.4, 0.5) is 0 Å². The van der Waals surface area contributed by atoms with Crippen LogP contribution in [-0.2, 0) is 4.79 Å². The molecule has 0 atom stereocenters. The topological polar surface area (TPSA) is 32.3 Å². The maximum Gasteiger partial charge on any atom is 0.232 e. The Morgan fingerprint density at radius 3 is 2.62 bits per heavy atom. The quantitative estimate of drug-likeness (QED) is 0.687. The number of carbonyl (C=O) groups excluding carboxylic acids is 1. The summed E-state index contributed by atoms with van der Waals surface area (Å²) in [7, 11) is 2.00. The predicted molar refractivity (Wildman–Crippen MR) is 115 cm³/mol. The summed E-state index contributed by atoms with van der Waals surface area (Å²) >= 11 is 7.96. The Morgan fingerprint density at radius 2 is 1.92 bits per heavy atom. The molecule has 3 nitrogen and oxygen atoms in total. The van der Waals surface area contributed by atoms with Gasteiger partial charge in [0.1, 0.15) is 0 Å². The van der Waals surface area contributed by atoms with Gasteiger partial charge in [0, 0.05) is 28.4 Å². The van der Waals surface area contributed by atoms with Gasteiger partial charge < -0.3 is 10.2 Å². The number of nitrogens with zero attached hydrogens (tertiary/aromatic N) is 1. The molecule has 1 aliphatic rings. The van der Waals surface area contributed by atoms with Crippen LogP contribution < -0.4 is 5.32 Å². The zero-order valence-corrected chi connectivity index (χ0v) is 17.4. The van der Waals surface area contributed by atoms with Gasteiger partial charge in [0.15, 0.2) is 0 Å². The monoisotopic (exact) mass is 412 g/mol. The number of fused-ring (bicyclic) bond motifs is 1. The molecule has 1 fully saturated rings. The lowest BCUT2D eigenvalue weighted by Gasteiger charge is -2.32. The molecule has 1 N–H and O–H groups in total. The second-order valence-corrected chi connectivity index (χ2v) is 8.02. The van der Waals surface area contributed by atoms with Crippen molar-refractivity contribution in [2.45, 2.75) is 24.2 Å². The van der Waals surface area contributed by atoms with Crippen molar-refractivity contribution in [2.24, 2.45) is 5.92 Å². The number of rotatable bonds is 6. The lowest BCUT2D eigenvalue weighted by Crippen LogP contribution is -2.39. The zero-order chi connectivity index (χ0) is 17.6. The van der Waals surface area contributed by atoms with Gasteiger partial charge >= 0.3 is 0 Å². The SMILES string of the molecule is CNCCC1CCN(C(=O)CSc2cccc3cccc(Cl)c23)CC1.Cl. The predicted octanol–water partition coefficient (Wildman–Crippen LogP) is 4.86. The molecule has 26 heavy (non-hydrogen) atoms. The molecule has 0 bridgehead atoms. The highest BCUT2D eigenvalue weighted by molar-refractivity contribution is 8.00. The molecule has 0 spiro atoms. The Kier molecular flexibility index (Phi) is 8.55. The van der Waals surface area contributed by atoms with Crippen LogP contribution in [0.3, 0.4) is 0 Å². The highest BCUT2D eigenvalue weighted by Crippen LogP contribution is 2.33. The largest absolute Gasteiger partial charge is 0.342 e. The van der Waals surface area contributed by atoms with E-state index in [4.69, 9.17) is 11.6 Å². The van der Waals surface area contributed by atoms with Crippen molar-refractivity contribution in [1.82, 2.24) is 10.2 Å². The fraction of sp³-hybridized carbons (Fsp3) is 0.450. The summed E-state index contributed by atoms with van der Waals surface area (Å²) in [6, 6.07) is 12.1. The number of hydrogen-bond donors (Lipinski definition) is 1. The molecule has 2 aromatic carbocycles. The minimum Gasteiger partial charge on any atom is -0.342 e. The van der Waals surface area contributed by atoms with Crippen LogP contribution >= 0.6 is 35.8 Å². The Hall–Kier alpha value is -0.940. The summed E-state index contributed by atoms with van der Waals surface area (Å²) in [6.07, 6.45) is 3.46. The van der Waals surface area contributed by atoms with Crippen LogP contribution in [0.2, 0.25) is 5.02 Å². The summed E-state index contributed by atoms with van der Waals surface area (Å²) in [6.45, 7) is 2.85. The van der Waals surface area contributed by atoms with E-state index in [9.17, 15) is 4.79 Å². The number of hydrogen-bond acceptors (Lipinski definition) is 3. The molecule has 6 heteroatoms. The average Bonchev–Trinajstić information content (AvgIpc) is 2.65. The molecule has 142 valence electrons. The molecule has 0 aliphatic carbocycles. The van der Waals surface area contributed by atoms with E-state index in [0.717, 1.165) is 59.1 Å². The standard InChI is InChI=1S/C20H25ClN2OS.ClH/c1-22-11-8-15-9-12-23(13-10-15)19(24)14-25-18-7-3-5-16-4-2-6-17(21)20(16)18;/h2-7,15,22H,8-14H2,1H3;1H. The van der Waals surface area contributed by atoms with Crippen molar-refractivity contribution < 1.29 is 4.79 Å². The lowest BCUT2D eigenvalue weighted by atomic mass is 9.93. The Morgan fingerprint density at radius 1 is 1.23 bits per heavy atom. The summed E-state index contributed by atoms with van der Waals surface area (Å²) in [5.74, 6) is 1.47. The van der Waals surface area contributed by atoms with Crippen LogP contribution in [0.25, 0.3) is 10.8 Å². The number of thioether (sulfide) groups is 1. The van der Waals surface area contributed by atoms with Gasteiger partial charge in [-0.3, -0.25) is 4.79 Å². The number of nitrogens with one attached hydrogen (secondary N) is 1. The van der Waals surface area contributed by atoms with Gasteiger partial charge in [-0.2, -0.15) is 0 Å². The fourth-order valence-corrected chi connectivity index (χ4v) is 4.78. The second kappa shape index (κ2) is 10.4. The van der Waals surface area contributed by atoms with E-state index < -0.39 is 0 Å². The van der Waals surface area contributed by atoms with Crippen molar-refractivity contribution in [3.05, 3.63) is 41.4 Å². The molecule has 0 radical (unpaired) electrons. The zero-order valence-electron chi connectivity index (χ0n) is 15.0. The minimum absolute atomic E-state index is 0. The highest BCUT2D eigenvalue weighted by Gasteiger charge is 2.22. The van der Waals surface area contributed by atoms with Crippen molar-refractivity contribution in [2.75, 3.05) is 32.4 Å². The molecule has 1 heterocycles. The van der Waals surface area contributed by atoms with Gasteiger partial charge in [0.05, 0.1) is 5.75 Å². The van der Waals surface area contributed by atoms with E-state index in [2.05, 4.69) is 23.5 Å². The van der Waals surface area contributed by atoms with E-state index in [1.165, 1.54) is 6.42 Å². The van der Waals surface area contributed by atoms with E-state index >= 15 is 0 Å². The van der Waals surface area contributed by atoms with Crippen molar-refractivity contribution >= 4 is 52.4 Å². The first-order valence-electron chi connectivity index (χ1n) is 8.91. The number of likely N-dealkylation sites (tertiary alicyclic amines) is 1. The van der Waals surface area contributed by atoms with Gasteiger partial charge in [-0.15, -0.1) is 24.2 Å². The number of benzene rings is 2. The highest BCUT2D eigenvalue weighted by atomic mass is 35.5. The minimum atomic E-state index is 0. The van der Waals surface area contributed by atoms with E-state index in [1.54, 1.807) is 11.8 Å². The number of piperidine rings is 1. The lowest BCUT2D eigenvalue weighted by molar-refractivity contribution is -0.129. The molecular weight excluding hydrogens is 387 g/mol. The summed E-state index contributed by atoms with van der Waals surface area (Å²) in [4.78, 5) is 15.7. The van der Waals surface area contributed by atoms with E-state index in [-0.39, 0.29) is 18.3 Å². The molecule has 2 aromatic rings. The molecular formula is C20H26Cl2N2OS. The Labute approximate surface area is 171 Å². The molecule has 1 aliphatic heterocycles. The maximum atomic E-state index is 12.6. The van der Waals surface area contributed by atoms with Gasteiger partial charge in [-0.05, 0) is 56.3 Å². The third kappa shape index (κ3) is 5.29. The fourth-order valence-electron chi connectivity index (χ4n) is 3.43. The molecule has 0 saturated carbocycles. The first-order chi connectivity index (χ1) is 12.2. The normalized spacial score (nSPS) is 15.1. The maximum absolute atomic E-state index is 12.6. The third-order valence-electron chi connectivity index (χ3n) is 4.94. The van der Waals surface area contributed by atoms with E-state index in [0.29, 0.717) is 5.75 Å². The first kappa shape index (κ1) is 21.4. The second-order valence-electron chi connectivity index (χ2n) is 6.60. The molecule has 0 aromatic heterocycles. The van der Waals surface area contributed by atoms with Crippen LogP contribution in [0.5, 0.6) is 0 Å². The van der Waals surface area contributed by atoms with Crippen molar-refractivity contribution in [3.63, 3.8) is 0 Å².